The summed E-state index contributed by atoms with van der Waals surface area (Å²) in [6.07, 6.45) is 9.75. The first kappa shape index (κ1) is 43.2. The van der Waals surface area contributed by atoms with E-state index < -0.39 is 21.8 Å². The Morgan fingerprint density at radius 2 is 1.59 bits per heavy atom. The molecule has 2 aromatic carbocycles. The van der Waals surface area contributed by atoms with E-state index in [1.165, 1.54) is 11.3 Å². The molecule has 5 heterocycles. The summed E-state index contributed by atoms with van der Waals surface area (Å²) in [4.78, 5) is 34.8. The molecule has 4 N–H and O–H groups in total. The second-order valence-electron chi connectivity index (χ2n) is 12.6. The van der Waals surface area contributed by atoms with Gasteiger partial charge in [0.05, 0.1) is 16.0 Å². The van der Waals surface area contributed by atoms with Gasteiger partial charge < -0.3 is 39.8 Å². The maximum atomic E-state index is 12.9. The lowest BCUT2D eigenvalue weighted by atomic mass is 10.1. The van der Waals surface area contributed by atoms with Crippen LogP contribution in [0.4, 0.5) is 5.82 Å². The molecule has 298 valence electrons. The van der Waals surface area contributed by atoms with Crippen LogP contribution in [-0.2, 0) is 39.3 Å². The quantitative estimate of drug-likeness (QED) is 0.117. The summed E-state index contributed by atoms with van der Waals surface area (Å²) in [5, 5.41) is 23.5. The number of hydrogen-bond donors (Lipinski definition) is 4. The molecule has 0 bridgehead atoms. The molecule has 5 aromatic rings. The van der Waals surface area contributed by atoms with E-state index in [9.17, 15) is 18.0 Å². The minimum Gasteiger partial charge on any atom is -0.488 e. The normalized spacial score (nSPS) is 15.2. The smallest absolute Gasteiger partial charge is 0.328 e. The van der Waals surface area contributed by atoms with Gasteiger partial charge in [0, 0.05) is 93.0 Å². The van der Waals surface area contributed by atoms with Gasteiger partial charge in [0.15, 0.2) is 5.82 Å². The highest BCUT2D eigenvalue weighted by Crippen LogP contribution is 2.31. The van der Waals surface area contributed by atoms with Gasteiger partial charge >= 0.3 is 11.9 Å². The van der Waals surface area contributed by atoms with Crippen molar-refractivity contribution in [1.29, 1.82) is 0 Å². The molecule has 3 aromatic heterocycles. The van der Waals surface area contributed by atoms with Crippen molar-refractivity contribution >= 4 is 50.9 Å². The summed E-state index contributed by atoms with van der Waals surface area (Å²) in [5.41, 5.74) is 3.70. The molecule has 0 unspecified atom stereocenters. The second kappa shape index (κ2) is 20.9. The van der Waals surface area contributed by atoms with Crippen molar-refractivity contribution in [3.8, 4) is 11.6 Å². The average Bonchev–Trinajstić information content (AvgIpc) is 3.32. The lowest BCUT2D eigenvalue weighted by molar-refractivity contribution is -0.134. The fourth-order valence-corrected chi connectivity index (χ4v) is 7.55. The van der Waals surface area contributed by atoms with Gasteiger partial charge in [-0.25, -0.2) is 28.0 Å². The number of nitrogens with zero attached hydrogens (tertiary/aromatic N) is 5. The molecular weight excluding hydrogens is 762 g/mol. The number of anilines is 1. The maximum Gasteiger partial charge on any atom is 0.328 e. The topological polar surface area (TPSA) is 198 Å². The van der Waals surface area contributed by atoms with Crippen LogP contribution in [0.2, 0.25) is 0 Å². The highest BCUT2D eigenvalue weighted by Gasteiger charge is 2.24. The summed E-state index contributed by atoms with van der Waals surface area (Å²) in [5.74, 6) is -0.440. The fraction of sp³-hybridized carbons (Fsp3) is 0.308. The number of fused-ring (bicyclic) bond motifs is 3. The first-order chi connectivity index (χ1) is 26.6. The molecule has 1 atom stereocenters. The van der Waals surface area contributed by atoms with E-state index in [1.807, 2.05) is 30.3 Å². The Morgan fingerprint density at radius 1 is 0.875 bits per heavy atom. The van der Waals surface area contributed by atoms with Gasteiger partial charge in [-0.1, -0.05) is 18.2 Å². The number of hydrogen-bond acceptors (Lipinski definition) is 12. The standard InChI is InChI=1S/C19H20N2O2S.C16H21N5O2.C4H4O4.ClH/c1-21-18-8-7-15(24(22,23)14-5-3-2-4-6-14)13-17(18)16-9-11-20-12-10-19(16)21;1-13-11-18-7-8-21(13)15-16(20-6-5-19-15)23-10-9-22-14-3-2-4-17-12-14;5-3(6)1-2-4(7)8;/h2-8,13,20H,9-12H2,1H3;2-6,12-13,18H,7-11H2,1H3;1-2H,(H,5,6)(H,7,8);1H/b;;2-1+;/t;13-;;/m.1../s1. The van der Waals surface area contributed by atoms with Gasteiger partial charge in [-0.15, -0.1) is 12.4 Å². The van der Waals surface area contributed by atoms with Crippen molar-refractivity contribution in [2.75, 3.05) is 50.8 Å². The van der Waals surface area contributed by atoms with Crippen LogP contribution in [0.3, 0.4) is 0 Å². The van der Waals surface area contributed by atoms with Crippen LogP contribution in [0.25, 0.3) is 10.9 Å². The number of ether oxygens (including phenoxy) is 2. The Balaban J connectivity index is 0.000000206. The number of nitrogens with one attached hydrogen (secondary N) is 2. The van der Waals surface area contributed by atoms with Gasteiger partial charge in [0.1, 0.15) is 19.0 Å². The Hall–Kier alpha value is -5.55. The van der Waals surface area contributed by atoms with Crippen molar-refractivity contribution in [3.05, 3.63) is 109 Å². The van der Waals surface area contributed by atoms with Gasteiger partial charge in [0.25, 0.3) is 5.88 Å². The summed E-state index contributed by atoms with van der Waals surface area (Å²) < 4.78 is 39.4. The lowest BCUT2D eigenvalue weighted by Crippen LogP contribution is -2.50. The van der Waals surface area contributed by atoms with Crippen molar-refractivity contribution in [1.82, 2.24) is 30.2 Å². The number of pyridine rings is 1. The highest BCUT2D eigenvalue weighted by atomic mass is 35.5. The number of aryl methyl sites for hydroxylation is 1. The molecule has 56 heavy (non-hydrogen) atoms. The number of piperazine rings is 1. The zero-order chi connectivity index (χ0) is 39.2. The molecule has 0 aliphatic carbocycles. The summed E-state index contributed by atoms with van der Waals surface area (Å²) in [7, 11) is -1.41. The van der Waals surface area contributed by atoms with E-state index in [2.05, 4.69) is 49.0 Å². The van der Waals surface area contributed by atoms with Gasteiger partial charge in [-0.3, -0.25) is 4.98 Å². The molecule has 1 fully saturated rings. The first-order valence-corrected chi connectivity index (χ1v) is 19.2. The minimum absolute atomic E-state index is 0. The fourth-order valence-electron chi connectivity index (χ4n) is 6.24. The number of carboxylic acid groups (broad SMARTS) is 2. The Bertz CT molecular complexity index is 2170. The molecule has 2 aliphatic rings. The number of rotatable bonds is 10. The van der Waals surface area contributed by atoms with Crippen LogP contribution in [0, 0.1) is 0 Å². The number of carbonyl (C=O) groups is 2. The second-order valence-corrected chi connectivity index (χ2v) is 14.5. The number of carboxylic acids is 2. The highest BCUT2D eigenvalue weighted by molar-refractivity contribution is 7.91. The van der Waals surface area contributed by atoms with Crippen LogP contribution < -0.4 is 25.0 Å². The zero-order valence-electron chi connectivity index (χ0n) is 31.1. The Morgan fingerprint density at radius 3 is 2.29 bits per heavy atom. The van der Waals surface area contributed by atoms with E-state index in [1.54, 1.807) is 55.1 Å². The van der Waals surface area contributed by atoms with E-state index >= 15 is 0 Å². The van der Waals surface area contributed by atoms with Crippen LogP contribution in [0.1, 0.15) is 18.2 Å². The zero-order valence-corrected chi connectivity index (χ0v) is 32.7. The maximum absolute atomic E-state index is 12.9. The SMILES string of the molecule is C[C@@H]1CNCCN1c1nccnc1OCCOc1cccnc1.Cl.Cn1c2c(c3cc(S(=O)(=O)c4ccccc4)ccc31)CCNCC2.O=C(O)/C=C/C(=O)O. The first-order valence-electron chi connectivity index (χ1n) is 17.7. The van der Waals surface area contributed by atoms with Crippen LogP contribution >= 0.6 is 12.4 Å². The summed E-state index contributed by atoms with van der Waals surface area (Å²) >= 11 is 0. The molecule has 7 rings (SSSR count). The average molecular weight is 808 g/mol. The number of benzene rings is 2. The minimum atomic E-state index is -3.48. The van der Waals surface area contributed by atoms with E-state index in [-0.39, 0.29) is 12.4 Å². The van der Waals surface area contributed by atoms with Crippen LogP contribution in [0.5, 0.6) is 11.6 Å². The third kappa shape index (κ3) is 11.5. The van der Waals surface area contributed by atoms with Crippen LogP contribution in [0.15, 0.2) is 107 Å². The number of halogens is 1. The van der Waals surface area contributed by atoms with Crippen molar-refractivity contribution < 1.29 is 37.7 Å². The predicted octanol–water partition coefficient (Wildman–Crippen LogP) is 3.96. The molecule has 1 saturated heterocycles. The van der Waals surface area contributed by atoms with Crippen molar-refractivity contribution in [2.24, 2.45) is 7.05 Å². The van der Waals surface area contributed by atoms with E-state index in [0.717, 1.165) is 68.0 Å². The van der Waals surface area contributed by atoms with Crippen molar-refractivity contribution in [3.63, 3.8) is 0 Å². The molecule has 17 heteroatoms. The molecule has 15 nitrogen and oxygen atoms in total. The van der Waals surface area contributed by atoms with Crippen molar-refractivity contribution in [2.45, 2.75) is 35.6 Å². The third-order valence-electron chi connectivity index (χ3n) is 8.88. The Kier molecular flexibility index (Phi) is 16.1. The number of aromatic nitrogens is 4. The summed E-state index contributed by atoms with van der Waals surface area (Å²) in [6, 6.07) is 18.2. The van der Waals surface area contributed by atoms with Crippen LogP contribution in [-0.4, -0.2) is 102 Å². The molecule has 0 amide bonds. The van der Waals surface area contributed by atoms with Gasteiger partial charge in [-0.2, -0.15) is 0 Å². The predicted molar refractivity (Wildman–Crippen MR) is 214 cm³/mol. The van der Waals surface area contributed by atoms with E-state index in [4.69, 9.17) is 19.7 Å². The molecule has 0 spiro atoms. The molecule has 2 aliphatic heterocycles. The van der Waals surface area contributed by atoms with Gasteiger partial charge in [-0.05, 0) is 67.9 Å². The molecular formula is C39H46ClN7O8S. The largest absolute Gasteiger partial charge is 0.488 e. The number of sulfone groups is 1. The number of aliphatic carboxylic acids is 2. The van der Waals surface area contributed by atoms with Gasteiger partial charge in [0.2, 0.25) is 9.84 Å². The molecule has 0 radical (unpaired) electrons. The summed E-state index contributed by atoms with van der Waals surface area (Å²) in [6.45, 7) is 7.65. The Labute approximate surface area is 331 Å². The van der Waals surface area contributed by atoms with E-state index in [0.29, 0.717) is 47.1 Å². The molecule has 0 saturated carbocycles. The third-order valence-corrected chi connectivity index (χ3v) is 10.6. The monoisotopic (exact) mass is 807 g/mol. The lowest BCUT2D eigenvalue weighted by Gasteiger charge is -2.35.